The summed E-state index contributed by atoms with van der Waals surface area (Å²) in [6.07, 6.45) is 1.71. The van der Waals surface area contributed by atoms with Crippen molar-refractivity contribution >= 4 is 11.9 Å². The van der Waals surface area contributed by atoms with Crippen LogP contribution in [0.1, 0.15) is 19.7 Å². The molecule has 0 saturated carbocycles. The van der Waals surface area contributed by atoms with Crippen LogP contribution in [0.25, 0.3) is 5.69 Å². The number of amides is 1. The Hall–Kier alpha value is -2.94. The molecule has 2 heterocycles. The highest BCUT2D eigenvalue weighted by molar-refractivity contribution is 5.84. The third-order valence-corrected chi connectivity index (χ3v) is 5.24. The summed E-state index contributed by atoms with van der Waals surface area (Å²) in [6.45, 7) is 7.27. The summed E-state index contributed by atoms with van der Waals surface area (Å²) in [4.78, 5) is 20.4. The van der Waals surface area contributed by atoms with Crippen molar-refractivity contribution in [3.63, 3.8) is 0 Å². The maximum absolute atomic E-state index is 11.7. The van der Waals surface area contributed by atoms with Crippen molar-refractivity contribution < 1.29 is 4.79 Å². The molecule has 1 aliphatic rings. The number of rotatable bonds is 5. The van der Waals surface area contributed by atoms with Gasteiger partial charge in [0.05, 0.1) is 12.1 Å². The molecule has 9 nitrogen and oxygen atoms in total. The fraction of sp³-hybridized carbons (Fsp3) is 0.474. The lowest BCUT2D eigenvalue weighted by Crippen LogP contribution is -2.61. The molecule has 0 unspecified atom stereocenters. The Morgan fingerprint density at radius 3 is 2.50 bits per heavy atom. The summed E-state index contributed by atoms with van der Waals surface area (Å²) in [7, 11) is 1.77. The first-order valence-electron chi connectivity index (χ1n) is 9.38. The maximum Gasteiger partial charge on any atom is 0.237 e. The SMILES string of the molecule is CN=C(NCc1nncn1-c1ccccc1)N1CCN(C(C)(C)C(N)=O)CC1. The molecule has 9 heteroatoms. The Morgan fingerprint density at radius 2 is 1.89 bits per heavy atom. The van der Waals surface area contributed by atoms with E-state index in [1.54, 1.807) is 13.4 Å². The highest BCUT2D eigenvalue weighted by Crippen LogP contribution is 2.16. The van der Waals surface area contributed by atoms with E-state index in [0.717, 1.165) is 43.7 Å². The normalized spacial score (nSPS) is 16.2. The van der Waals surface area contributed by atoms with E-state index in [0.29, 0.717) is 6.54 Å². The highest BCUT2D eigenvalue weighted by atomic mass is 16.1. The van der Waals surface area contributed by atoms with Crippen LogP contribution in [0.2, 0.25) is 0 Å². The van der Waals surface area contributed by atoms with Gasteiger partial charge in [0.1, 0.15) is 6.33 Å². The van der Waals surface area contributed by atoms with Crippen LogP contribution in [0.5, 0.6) is 0 Å². The van der Waals surface area contributed by atoms with Gasteiger partial charge in [0.2, 0.25) is 5.91 Å². The smallest absolute Gasteiger partial charge is 0.237 e. The van der Waals surface area contributed by atoms with E-state index >= 15 is 0 Å². The van der Waals surface area contributed by atoms with Crippen molar-refractivity contribution in [2.75, 3.05) is 33.2 Å². The van der Waals surface area contributed by atoms with Crippen LogP contribution in [0, 0.1) is 0 Å². The minimum Gasteiger partial charge on any atom is -0.368 e. The molecule has 1 aliphatic heterocycles. The molecule has 1 fully saturated rings. The standard InChI is InChI=1S/C19H28N8O/c1-19(2,17(20)28)26-11-9-25(10-12-26)18(21-3)22-13-16-24-23-14-27(16)15-7-5-4-6-8-15/h4-8,14H,9-13H2,1-3H3,(H2,20,28)(H,21,22). The van der Waals surface area contributed by atoms with E-state index in [9.17, 15) is 4.79 Å². The van der Waals surface area contributed by atoms with E-state index in [1.807, 2.05) is 48.7 Å². The molecule has 0 aliphatic carbocycles. The molecule has 28 heavy (non-hydrogen) atoms. The zero-order valence-electron chi connectivity index (χ0n) is 16.7. The second-order valence-corrected chi connectivity index (χ2v) is 7.25. The van der Waals surface area contributed by atoms with Crippen LogP contribution in [-0.4, -0.2) is 75.2 Å². The molecule has 0 atom stereocenters. The number of aromatic nitrogens is 3. The number of guanidine groups is 1. The molecule has 1 saturated heterocycles. The number of carbonyl (C=O) groups excluding carboxylic acids is 1. The van der Waals surface area contributed by atoms with E-state index in [4.69, 9.17) is 5.73 Å². The van der Waals surface area contributed by atoms with Crippen LogP contribution in [0.4, 0.5) is 0 Å². The van der Waals surface area contributed by atoms with Crippen molar-refractivity contribution in [1.82, 2.24) is 29.9 Å². The molecule has 150 valence electrons. The van der Waals surface area contributed by atoms with Gasteiger partial charge in [-0.05, 0) is 26.0 Å². The van der Waals surface area contributed by atoms with Gasteiger partial charge in [0.25, 0.3) is 0 Å². The van der Waals surface area contributed by atoms with Gasteiger partial charge in [0, 0.05) is 38.9 Å². The molecule has 1 aromatic carbocycles. The first-order chi connectivity index (χ1) is 13.4. The molecule has 0 bridgehead atoms. The number of nitrogens with two attached hydrogens (primary N) is 1. The molecular formula is C19H28N8O. The highest BCUT2D eigenvalue weighted by Gasteiger charge is 2.35. The van der Waals surface area contributed by atoms with Crippen molar-refractivity contribution in [2.45, 2.75) is 25.9 Å². The first-order valence-corrected chi connectivity index (χ1v) is 9.38. The lowest BCUT2D eigenvalue weighted by Gasteiger charge is -2.43. The van der Waals surface area contributed by atoms with E-state index in [-0.39, 0.29) is 5.91 Å². The third-order valence-electron chi connectivity index (χ3n) is 5.24. The summed E-state index contributed by atoms with van der Waals surface area (Å²) in [6, 6.07) is 9.98. The van der Waals surface area contributed by atoms with Crippen LogP contribution >= 0.6 is 0 Å². The summed E-state index contributed by atoms with van der Waals surface area (Å²) in [5.41, 5.74) is 5.91. The molecule has 1 amide bonds. The topological polar surface area (TPSA) is 105 Å². The maximum atomic E-state index is 11.7. The lowest BCUT2D eigenvalue weighted by atomic mass is 10.0. The molecule has 0 radical (unpaired) electrons. The number of aliphatic imine (C=N–C) groups is 1. The van der Waals surface area contributed by atoms with Gasteiger partial charge in [0.15, 0.2) is 11.8 Å². The van der Waals surface area contributed by atoms with Gasteiger partial charge >= 0.3 is 0 Å². The second-order valence-electron chi connectivity index (χ2n) is 7.25. The predicted molar refractivity (Wildman–Crippen MR) is 108 cm³/mol. The summed E-state index contributed by atoms with van der Waals surface area (Å²) in [5, 5.41) is 11.6. The Morgan fingerprint density at radius 1 is 1.21 bits per heavy atom. The summed E-state index contributed by atoms with van der Waals surface area (Å²) in [5.74, 6) is 1.31. The van der Waals surface area contributed by atoms with E-state index in [2.05, 4.69) is 30.3 Å². The Bertz CT molecular complexity index is 821. The van der Waals surface area contributed by atoms with Gasteiger partial charge in [-0.2, -0.15) is 0 Å². The van der Waals surface area contributed by atoms with Crippen molar-refractivity contribution in [3.05, 3.63) is 42.5 Å². The van der Waals surface area contributed by atoms with Gasteiger partial charge < -0.3 is 16.0 Å². The number of carbonyl (C=O) groups is 1. The average molecular weight is 384 g/mol. The molecule has 0 spiro atoms. The second kappa shape index (κ2) is 8.39. The van der Waals surface area contributed by atoms with Crippen LogP contribution < -0.4 is 11.1 Å². The van der Waals surface area contributed by atoms with Crippen molar-refractivity contribution in [2.24, 2.45) is 10.7 Å². The molecule has 3 rings (SSSR count). The molecule has 1 aromatic heterocycles. The Labute approximate surface area is 165 Å². The van der Waals surface area contributed by atoms with Gasteiger partial charge in [-0.25, -0.2) is 0 Å². The zero-order chi connectivity index (χ0) is 20.1. The Kier molecular flexibility index (Phi) is 5.93. The number of para-hydroxylation sites is 1. The number of hydrogen-bond donors (Lipinski definition) is 2. The number of nitrogens with one attached hydrogen (secondary N) is 1. The van der Waals surface area contributed by atoms with E-state index in [1.165, 1.54) is 0 Å². The number of benzene rings is 1. The van der Waals surface area contributed by atoms with E-state index < -0.39 is 5.54 Å². The quantitative estimate of drug-likeness (QED) is 0.565. The number of piperazine rings is 1. The van der Waals surface area contributed by atoms with Crippen LogP contribution in [-0.2, 0) is 11.3 Å². The number of hydrogen-bond acceptors (Lipinski definition) is 5. The molecule has 2 aromatic rings. The van der Waals surface area contributed by atoms with Crippen LogP contribution in [0.15, 0.2) is 41.7 Å². The monoisotopic (exact) mass is 384 g/mol. The zero-order valence-corrected chi connectivity index (χ0v) is 16.7. The molecule has 3 N–H and O–H groups in total. The minimum atomic E-state index is -0.644. The number of primary amides is 1. The first kappa shape index (κ1) is 19.8. The van der Waals surface area contributed by atoms with Crippen molar-refractivity contribution in [3.8, 4) is 5.69 Å². The van der Waals surface area contributed by atoms with Gasteiger partial charge in [-0.1, -0.05) is 18.2 Å². The van der Waals surface area contributed by atoms with Crippen LogP contribution in [0.3, 0.4) is 0 Å². The number of nitrogens with zero attached hydrogens (tertiary/aromatic N) is 6. The average Bonchev–Trinajstić information content (AvgIpc) is 3.18. The lowest BCUT2D eigenvalue weighted by molar-refractivity contribution is -0.129. The minimum absolute atomic E-state index is 0.302. The predicted octanol–water partition coefficient (Wildman–Crippen LogP) is 0.224. The summed E-state index contributed by atoms with van der Waals surface area (Å²) >= 11 is 0. The third kappa shape index (κ3) is 4.14. The van der Waals surface area contributed by atoms with Gasteiger partial charge in [-0.15, -0.1) is 10.2 Å². The summed E-state index contributed by atoms with van der Waals surface area (Å²) < 4.78 is 1.95. The van der Waals surface area contributed by atoms with Crippen molar-refractivity contribution in [1.29, 1.82) is 0 Å². The Balaban J connectivity index is 1.60. The van der Waals surface area contributed by atoms with Gasteiger partial charge in [-0.3, -0.25) is 19.3 Å². The molecular weight excluding hydrogens is 356 g/mol. The fourth-order valence-electron chi connectivity index (χ4n) is 3.31. The fourth-order valence-corrected chi connectivity index (χ4v) is 3.31. The largest absolute Gasteiger partial charge is 0.368 e.